The van der Waals surface area contributed by atoms with Crippen LogP contribution in [0.4, 0.5) is 0 Å². The third-order valence-electron chi connectivity index (χ3n) is 2.00. The van der Waals surface area contributed by atoms with Crippen molar-refractivity contribution in [3.8, 4) is 0 Å². The normalized spacial score (nSPS) is 38.4. The summed E-state index contributed by atoms with van der Waals surface area (Å²) in [7, 11) is 0. The Morgan fingerprint density at radius 2 is 2.45 bits per heavy atom. The third kappa shape index (κ3) is 1.73. The zero-order chi connectivity index (χ0) is 7.68. The van der Waals surface area contributed by atoms with E-state index in [1.807, 2.05) is 11.8 Å². The summed E-state index contributed by atoms with van der Waals surface area (Å²) in [6.07, 6.45) is 1.31. The number of fused-ring (bicyclic) bond motifs is 2. The molecule has 0 saturated carbocycles. The second-order valence-corrected chi connectivity index (χ2v) is 5.22. The molecule has 0 aliphatic carbocycles. The first-order chi connectivity index (χ1) is 5.36. The van der Waals surface area contributed by atoms with Crippen molar-refractivity contribution < 1.29 is 9.53 Å². The number of carbonyl (C=O) groups is 1. The van der Waals surface area contributed by atoms with Crippen molar-refractivity contribution in [2.75, 3.05) is 17.4 Å². The minimum atomic E-state index is 0.200. The Labute approximate surface area is 74.4 Å². The van der Waals surface area contributed by atoms with Crippen molar-refractivity contribution in [2.24, 2.45) is 5.92 Å². The summed E-state index contributed by atoms with van der Waals surface area (Å²) in [5.41, 5.74) is 0. The summed E-state index contributed by atoms with van der Waals surface area (Å²) in [5, 5.41) is 1.24. The monoisotopic (exact) mass is 190 g/mol. The molecule has 2 saturated heterocycles. The molecular weight excluding hydrogens is 180 g/mol. The van der Waals surface area contributed by atoms with Gasteiger partial charge in [0.2, 0.25) is 0 Å². The Morgan fingerprint density at radius 1 is 1.55 bits per heavy atom. The van der Waals surface area contributed by atoms with Gasteiger partial charge in [0.15, 0.2) is 5.12 Å². The van der Waals surface area contributed by atoms with E-state index in [2.05, 4.69) is 0 Å². The molecule has 2 unspecified atom stereocenters. The largest absolute Gasteiger partial charge is 0.377 e. The Balaban J connectivity index is 2.03. The van der Waals surface area contributed by atoms with E-state index in [0.29, 0.717) is 17.8 Å². The predicted octanol–water partition coefficient (Wildman–Crippen LogP) is 1.36. The van der Waals surface area contributed by atoms with Crippen LogP contribution in [0.1, 0.15) is 6.42 Å². The summed E-state index contributed by atoms with van der Waals surface area (Å²) < 4.78 is 5.45. The van der Waals surface area contributed by atoms with Crippen LogP contribution in [0.3, 0.4) is 0 Å². The molecule has 2 bridgehead atoms. The summed E-state index contributed by atoms with van der Waals surface area (Å²) in [5.74, 6) is 1.27. The zero-order valence-electron chi connectivity index (χ0n) is 6.12. The van der Waals surface area contributed by atoms with Crippen LogP contribution < -0.4 is 0 Å². The molecule has 0 spiro atoms. The van der Waals surface area contributed by atoms with E-state index in [0.717, 1.165) is 17.3 Å². The van der Waals surface area contributed by atoms with Crippen molar-refractivity contribution in [3.05, 3.63) is 0 Å². The van der Waals surface area contributed by atoms with E-state index in [9.17, 15) is 4.79 Å². The van der Waals surface area contributed by atoms with Gasteiger partial charge in [-0.15, -0.1) is 11.8 Å². The van der Waals surface area contributed by atoms with Gasteiger partial charge < -0.3 is 4.74 Å². The van der Waals surface area contributed by atoms with Crippen molar-refractivity contribution in [3.63, 3.8) is 0 Å². The summed E-state index contributed by atoms with van der Waals surface area (Å²) >= 11 is 3.26. The number of rotatable bonds is 0. The smallest absolute Gasteiger partial charge is 0.195 e. The van der Waals surface area contributed by atoms with Crippen molar-refractivity contribution >= 4 is 28.6 Å². The van der Waals surface area contributed by atoms with Crippen LogP contribution >= 0.6 is 23.5 Å². The molecule has 62 valence electrons. The summed E-state index contributed by atoms with van der Waals surface area (Å²) in [4.78, 5) is 11.3. The number of carbonyl (C=O) groups excluding carboxylic acids is 1. The average Bonchev–Trinajstić information content (AvgIpc) is 2.44. The number of hydrogen-bond acceptors (Lipinski definition) is 4. The third-order valence-corrected chi connectivity index (χ3v) is 4.37. The highest BCUT2D eigenvalue weighted by Gasteiger charge is 2.32. The Morgan fingerprint density at radius 3 is 3.36 bits per heavy atom. The minimum absolute atomic E-state index is 0.200. The van der Waals surface area contributed by atoms with E-state index in [-0.39, 0.29) is 5.92 Å². The maximum Gasteiger partial charge on any atom is 0.195 e. The van der Waals surface area contributed by atoms with Gasteiger partial charge >= 0.3 is 0 Å². The highest BCUT2D eigenvalue weighted by molar-refractivity contribution is 8.23. The van der Waals surface area contributed by atoms with Crippen LogP contribution in [-0.2, 0) is 9.53 Å². The van der Waals surface area contributed by atoms with E-state index in [1.54, 1.807) is 0 Å². The van der Waals surface area contributed by atoms with Gasteiger partial charge in [0, 0.05) is 10.8 Å². The zero-order valence-corrected chi connectivity index (χ0v) is 7.75. The highest BCUT2D eigenvalue weighted by atomic mass is 32.2. The molecule has 0 radical (unpaired) electrons. The molecule has 2 heterocycles. The molecule has 2 rings (SSSR count). The van der Waals surface area contributed by atoms with E-state index < -0.39 is 0 Å². The Hall–Kier alpha value is 0.330. The topological polar surface area (TPSA) is 26.3 Å². The van der Waals surface area contributed by atoms with Gasteiger partial charge in [-0.3, -0.25) is 4.79 Å². The second kappa shape index (κ2) is 3.37. The number of ether oxygens (including phenoxy) is 1. The molecule has 4 heteroatoms. The Kier molecular flexibility index (Phi) is 2.44. The van der Waals surface area contributed by atoms with Crippen molar-refractivity contribution in [2.45, 2.75) is 12.5 Å². The molecule has 0 aromatic rings. The van der Waals surface area contributed by atoms with E-state index >= 15 is 0 Å². The molecule has 0 amide bonds. The highest BCUT2D eigenvalue weighted by Crippen LogP contribution is 2.31. The van der Waals surface area contributed by atoms with Crippen molar-refractivity contribution in [1.82, 2.24) is 0 Å². The number of thioether (sulfide) groups is 2. The van der Waals surface area contributed by atoms with Crippen LogP contribution in [0.15, 0.2) is 0 Å². The minimum Gasteiger partial charge on any atom is -0.377 e. The summed E-state index contributed by atoms with van der Waals surface area (Å²) in [6, 6.07) is 0. The van der Waals surface area contributed by atoms with E-state index in [1.165, 1.54) is 11.8 Å². The standard InChI is InChI=1S/C7H10O2S2/c8-7-5-1-6(9-2-5)3-10-4-11-7/h5-6H,1-4H2. The molecule has 2 atom stereocenters. The van der Waals surface area contributed by atoms with Gasteiger partial charge in [-0.05, 0) is 6.42 Å². The fourth-order valence-electron chi connectivity index (χ4n) is 1.38. The molecule has 0 N–H and O–H groups in total. The van der Waals surface area contributed by atoms with Crippen LogP contribution in [-0.4, -0.2) is 28.7 Å². The lowest BCUT2D eigenvalue weighted by atomic mass is 10.1. The van der Waals surface area contributed by atoms with Crippen molar-refractivity contribution in [1.29, 1.82) is 0 Å². The first kappa shape index (κ1) is 7.95. The summed E-state index contributed by atoms with van der Waals surface area (Å²) in [6.45, 7) is 0.664. The maximum absolute atomic E-state index is 11.3. The van der Waals surface area contributed by atoms with Gasteiger partial charge in [-0.25, -0.2) is 0 Å². The van der Waals surface area contributed by atoms with Gasteiger partial charge in [0.1, 0.15) is 0 Å². The molecule has 2 nitrogen and oxygen atoms in total. The first-order valence-corrected chi connectivity index (χ1v) is 5.86. The fraction of sp³-hybridized carbons (Fsp3) is 0.857. The van der Waals surface area contributed by atoms with Crippen LogP contribution in [0.25, 0.3) is 0 Å². The molecule has 2 fully saturated rings. The SMILES string of the molecule is O=C1SCSCC2CC1CO2. The van der Waals surface area contributed by atoms with Gasteiger partial charge in [-0.2, -0.15) is 0 Å². The van der Waals surface area contributed by atoms with E-state index in [4.69, 9.17) is 4.74 Å². The molecule has 11 heavy (non-hydrogen) atoms. The quantitative estimate of drug-likeness (QED) is 0.576. The average molecular weight is 190 g/mol. The molecule has 2 aliphatic rings. The van der Waals surface area contributed by atoms with Crippen LogP contribution in [0, 0.1) is 5.92 Å². The lowest BCUT2D eigenvalue weighted by Gasteiger charge is -2.11. The molecular formula is C7H10O2S2. The molecule has 0 aromatic carbocycles. The van der Waals surface area contributed by atoms with Crippen LogP contribution in [0.5, 0.6) is 0 Å². The molecule has 0 aromatic heterocycles. The van der Waals surface area contributed by atoms with Gasteiger partial charge in [-0.1, -0.05) is 11.8 Å². The number of hydrogen-bond donors (Lipinski definition) is 0. The maximum atomic E-state index is 11.3. The van der Waals surface area contributed by atoms with Gasteiger partial charge in [0.05, 0.1) is 18.6 Å². The fourth-order valence-corrected chi connectivity index (χ4v) is 3.46. The molecule has 2 aliphatic heterocycles. The van der Waals surface area contributed by atoms with Crippen LogP contribution in [0.2, 0.25) is 0 Å². The lowest BCUT2D eigenvalue weighted by molar-refractivity contribution is -0.114. The first-order valence-electron chi connectivity index (χ1n) is 3.72. The Bertz CT molecular complexity index is 172. The predicted molar refractivity (Wildman–Crippen MR) is 47.8 cm³/mol. The van der Waals surface area contributed by atoms with Gasteiger partial charge in [0.25, 0.3) is 0 Å². The second-order valence-electron chi connectivity index (χ2n) is 2.84. The lowest BCUT2D eigenvalue weighted by Crippen LogP contribution is -2.15.